The molecule has 1 fully saturated rings. The molecule has 1 amide bonds. The maximum absolute atomic E-state index is 13.6. The molecule has 2 aromatic rings. The summed E-state index contributed by atoms with van der Waals surface area (Å²) < 4.78 is 24.7. The number of fused-ring (bicyclic) bond motifs is 1. The van der Waals surface area contributed by atoms with Gasteiger partial charge < -0.3 is 14.4 Å². The third-order valence-electron chi connectivity index (χ3n) is 5.60. The van der Waals surface area contributed by atoms with Gasteiger partial charge in [-0.15, -0.1) is 0 Å². The van der Waals surface area contributed by atoms with Crippen molar-refractivity contribution in [2.75, 3.05) is 39.9 Å². The summed E-state index contributed by atoms with van der Waals surface area (Å²) in [7, 11) is 1.59. The molecule has 0 radical (unpaired) electrons. The number of hydrogen-bond donors (Lipinski definition) is 0. The number of nitrogens with zero attached hydrogens (tertiary/aromatic N) is 2. The molecule has 2 aromatic carbocycles. The Hall–Kier alpha value is -2.31. The number of carbonyl (C=O) groups excluding carboxylic acids is 1. The summed E-state index contributed by atoms with van der Waals surface area (Å²) in [6.45, 7) is 3.77. The van der Waals surface area contributed by atoms with Crippen LogP contribution in [0.4, 0.5) is 4.39 Å². The molecular formula is C22H24ClFN2O3. The summed E-state index contributed by atoms with van der Waals surface area (Å²) in [6, 6.07) is 10.1. The molecule has 29 heavy (non-hydrogen) atoms. The van der Waals surface area contributed by atoms with Gasteiger partial charge in [-0.1, -0.05) is 11.6 Å². The summed E-state index contributed by atoms with van der Waals surface area (Å²) in [4.78, 5) is 17.1. The molecule has 2 aliphatic heterocycles. The second-order valence-corrected chi connectivity index (χ2v) is 7.96. The fourth-order valence-electron chi connectivity index (χ4n) is 4.02. The van der Waals surface area contributed by atoms with E-state index in [-0.39, 0.29) is 17.6 Å². The highest BCUT2D eigenvalue weighted by molar-refractivity contribution is 6.30. The molecule has 0 aliphatic carbocycles. The van der Waals surface area contributed by atoms with Gasteiger partial charge >= 0.3 is 0 Å². The molecular weight excluding hydrogens is 395 g/mol. The summed E-state index contributed by atoms with van der Waals surface area (Å²) in [5, 5.41) is 0.654. The number of piperazine rings is 1. The molecule has 2 aliphatic rings. The Bertz CT molecular complexity index is 900. The van der Waals surface area contributed by atoms with Crippen LogP contribution in [-0.4, -0.2) is 55.6 Å². The molecule has 0 saturated carbocycles. The molecule has 7 heteroatoms. The van der Waals surface area contributed by atoms with Crippen LogP contribution in [0.1, 0.15) is 11.1 Å². The summed E-state index contributed by atoms with van der Waals surface area (Å²) in [6.07, 6.45) is 0.648. The molecule has 0 bridgehead atoms. The lowest BCUT2D eigenvalue weighted by Gasteiger charge is -2.37. The number of rotatable bonds is 4. The molecule has 4 rings (SSSR count). The molecule has 1 saturated heterocycles. The number of hydrogen-bond acceptors (Lipinski definition) is 4. The second kappa shape index (κ2) is 8.59. The highest BCUT2D eigenvalue weighted by Gasteiger charge is 2.31. The van der Waals surface area contributed by atoms with Crippen molar-refractivity contribution in [1.82, 2.24) is 9.80 Å². The zero-order chi connectivity index (χ0) is 20.4. The molecule has 0 N–H and O–H groups in total. The van der Waals surface area contributed by atoms with E-state index in [1.165, 1.54) is 12.1 Å². The van der Waals surface area contributed by atoms with E-state index in [9.17, 15) is 9.18 Å². The van der Waals surface area contributed by atoms with Crippen LogP contribution in [-0.2, 0) is 17.8 Å². The summed E-state index contributed by atoms with van der Waals surface area (Å²) in [5.74, 6) is 1.16. The Morgan fingerprint density at radius 3 is 2.76 bits per heavy atom. The molecule has 1 atom stereocenters. The van der Waals surface area contributed by atoms with Crippen molar-refractivity contribution in [2.24, 2.45) is 5.92 Å². The van der Waals surface area contributed by atoms with Gasteiger partial charge in [0, 0.05) is 43.3 Å². The van der Waals surface area contributed by atoms with Gasteiger partial charge in [0.05, 0.1) is 13.0 Å². The van der Waals surface area contributed by atoms with Gasteiger partial charge in [0.1, 0.15) is 23.9 Å². The number of halogens is 2. The lowest BCUT2D eigenvalue weighted by Crippen LogP contribution is -2.51. The Balaban J connectivity index is 1.34. The van der Waals surface area contributed by atoms with E-state index in [2.05, 4.69) is 4.90 Å². The third kappa shape index (κ3) is 4.49. The number of benzene rings is 2. The van der Waals surface area contributed by atoms with Crippen LogP contribution in [0.15, 0.2) is 36.4 Å². The Labute approximate surface area is 175 Å². The average Bonchev–Trinajstić information content (AvgIpc) is 2.73. The Morgan fingerprint density at radius 2 is 2.00 bits per heavy atom. The van der Waals surface area contributed by atoms with Crippen LogP contribution in [0, 0.1) is 11.7 Å². The summed E-state index contributed by atoms with van der Waals surface area (Å²) in [5.41, 5.74) is 1.81. The van der Waals surface area contributed by atoms with E-state index in [1.807, 2.05) is 17.0 Å². The SMILES string of the molecule is COc1ccc(F)cc1CN1CCN(C(=O)[C@@H]2COc3ccc(Cl)cc3C2)CC1. The molecule has 5 nitrogen and oxygen atoms in total. The minimum absolute atomic E-state index is 0.124. The zero-order valence-corrected chi connectivity index (χ0v) is 17.1. The van der Waals surface area contributed by atoms with E-state index in [4.69, 9.17) is 21.1 Å². The predicted molar refractivity (Wildman–Crippen MR) is 109 cm³/mol. The first kappa shape index (κ1) is 20.0. The average molecular weight is 419 g/mol. The van der Waals surface area contributed by atoms with Crippen LogP contribution in [0.3, 0.4) is 0 Å². The van der Waals surface area contributed by atoms with E-state index in [0.29, 0.717) is 43.4 Å². The normalized spacial score (nSPS) is 19.4. The predicted octanol–water partition coefficient (Wildman–Crippen LogP) is 3.38. The molecule has 0 spiro atoms. The van der Waals surface area contributed by atoms with Crippen molar-refractivity contribution in [3.05, 3.63) is 58.4 Å². The van der Waals surface area contributed by atoms with E-state index in [0.717, 1.165) is 30.0 Å². The topological polar surface area (TPSA) is 42.0 Å². The number of amides is 1. The van der Waals surface area contributed by atoms with Gasteiger partial charge in [0.2, 0.25) is 5.91 Å². The van der Waals surface area contributed by atoms with Gasteiger partial charge in [-0.05, 0) is 48.4 Å². The number of carbonyl (C=O) groups is 1. The minimum Gasteiger partial charge on any atom is -0.496 e. The van der Waals surface area contributed by atoms with E-state index >= 15 is 0 Å². The summed E-state index contributed by atoms with van der Waals surface area (Å²) >= 11 is 6.08. The molecule has 154 valence electrons. The standard InChI is InChI=1S/C22H24ClFN2O3/c1-28-20-5-3-19(24)12-16(20)13-25-6-8-26(9-7-25)22(27)17-10-15-11-18(23)2-4-21(15)29-14-17/h2-5,11-12,17H,6-10,13-14H2,1H3/t17-/m0/s1. The highest BCUT2D eigenvalue weighted by atomic mass is 35.5. The van der Waals surface area contributed by atoms with Crippen LogP contribution < -0.4 is 9.47 Å². The first-order chi connectivity index (χ1) is 14.0. The first-order valence-corrected chi connectivity index (χ1v) is 10.2. The van der Waals surface area contributed by atoms with Crippen LogP contribution in [0.25, 0.3) is 0 Å². The van der Waals surface area contributed by atoms with Crippen LogP contribution in [0.5, 0.6) is 11.5 Å². The van der Waals surface area contributed by atoms with Gasteiger partial charge in [0.25, 0.3) is 0 Å². The number of methoxy groups -OCH3 is 1. The van der Waals surface area contributed by atoms with Gasteiger partial charge in [-0.25, -0.2) is 4.39 Å². The monoisotopic (exact) mass is 418 g/mol. The van der Waals surface area contributed by atoms with Crippen LogP contribution >= 0.6 is 11.6 Å². The van der Waals surface area contributed by atoms with Gasteiger partial charge in [-0.3, -0.25) is 9.69 Å². The fraction of sp³-hybridized carbons (Fsp3) is 0.409. The minimum atomic E-state index is -0.271. The first-order valence-electron chi connectivity index (χ1n) is 9.78. The molecule has 0 unspecified atom stereocenters. The highest BCUT2D eigenvalue weighted by Crippen LogP contribution is 2.31. The van der Waals surface area contributed by atoms with Crippen molar-refractivity contribution in [2.45, 2.75) is 13.0 Å². The zero-order valence-electron chi connectivity index (χ0n) is 16.4. The largest absolute Gasteiger partial charge is 0.496 e. The smallest absolute Gasteiger partial charge is 0.229 e. The van der Waals surface area contributed by atoms with Crippen molar-refractivity contribution < 1.29 is 18.7 Å². The number of ether oxygens (including phenoxy) is 2. The Kier molecular flexibility index (Phi) is 5.92. The molecule has 0 aromatic heterocycles. The van der Waals surface area contributed by atoms with Crippen molar-refractivity contribution >= 4 is 17.5 Å². The fourth-order valence-corrected chi connectivity index (χ4v) is 4.21. The van der Waals surface area contributed by atoms with Crippen molar-refractivity contribution in [1.29, 1.82) is 0 Å². The lowest BCUT2D eigenvalue weighted by molar-refractivity contribution is -0.138. The quantitative estimate of drug-likeness (QED) is 0.763. The van der Waals surface area contributed by atoms with Gasteiger partial charge in [0.15, 0.2) is 0 Å². The third-order valence-corrected chi connectivity index (χ3v) is 5.83. The maximum atomic E-state index is 13.6. The van der Waals surface area contributed by atoms with Crippen molar-refractivity contribution in [3.8, 4) is 11.5 Å². The van der Waals surface area contributed by atoms with E-state index < -0.39 is 0 Å². The lowest BCUT2D eigenvalue weighted by atomic mass is 9.95. The second-order valence-electron chi connectivity index (χ2n) is 7.52. The Morgan fingerprint density at radius 1 is 1.21 bits per heavy atom. The maximum Gasteiger partial charge on any atom is 0.229 e. The van der Waals surface area contributed by atoms with Gasteiger partial charge in [-0.2, -0.15) is 0 Å². The van der Waals surface area contributed by atoms with E-state index in [1.54, 1.807) is 19.2 Å². The molecule has 2 heterocycles. The van der Waals surface area contributed by atoms with Crippen LogP contribution in [0.2, 0.25) is 5.02 Å². The van der Waals surface area contributed by atoms with Crippen molar-refractivity contribution in [3.63, 3.8) is 0 Å².